The largest absolute Gasteiger partial charge is 0.388 e. The molecule has 0 bridgehead atoms. The van der Waals surface area contributed by atoms with Crippen LogP contribution < -0.4 is 0 Å². The van der Waals surface area contributed by atoms with Crippen molar-refractivity contribution in [2.75, 3.05) is 20.6 Å². The maximum Gasteiger partial charge on any atom is 0.135 e. The second-order valence-corrected chi connectivity index (χ2v) is 5.19. The molecule has 0 aliphatic rings. The molecule has 1 heterocycles. The molecular weight excluding hydrogens is 282 g/mol. The summed E-state index contributed by atoms with van der Waals surface area (Å²) < 4.78 is 3.08. The van der Waals surface area contributed by atoms with E-state index in [9.17, 15) is 5.11 Å². The Bertz CT molecular complexity index is 522. The molecule has 2 aromatic rings. The Morgan fingerprint density at radius 3 is 2.82 bits per heavy atom. The summed E-state index contributed by atoms with van der Waals surface area (Å²) in [7, 11) is 4.07. The van der Waals surface area contributed by atoms with Crippen molar-refractivity contribution < 1.29 is 5.11 Å². The Morgan fingerprint density at radius 1 is 1.41 bits per heavy atom. The number of likely N-dealkylation sites (N-methyl/N-ethyl adjacent to an activating group) is 1. The Balaban J connectivity index is 2.43. The van der Waals surface area contributed by atoms with Gasteiger partial charge in [0.25, 0.3) is 0 Å². The van der Waals surface area contributed by atoms with Crippen molar-refractivity contribution in [2.24, 2.45) is 0 Å². The highest BCUT2D eigenvalue weighted by atomic mass is 79.9. The third kappa shape index (κ3) is 2.68. The summed E-state index contributed by atoms with van der Waals surface area (Å²) >= 11 is 3.43. The normalized spacial score (nSPS) is 11.6. The van der Waals surface area contributed by atoms with E-state index in [2.05, 4.69) is 30.4 Å². The van der Waals surface area contributed by atoms with Crippen LogP contribution in [0.15, 0.2) is 22.7 Å². The number of aliphatic hydroxyl groups excluding tert-OH is 1. The van der Waals surface area contributed by atoms with Gasteiger partial charge in [-0.05, 0) is 32.3 Å². The van der Waals surface area contributed by atoms with Gasteiger partial charge < -0.3 is 14.6 Å². The van der Waals surface area contributed by atoms with Crippen LogP contribution in [0.2, 0.25) is 0 Å². The lowest BCUT2D eigenvalue weighted by atomic mass is 10.3. The van der Waals surface area contributed by atoms with Crippen LogP contribution in [-0.4, -0.2) is 40.2 Å². The summed E-state index contributed by atoms with van der Waals surface area (Å²) in [6.07, 6.45) is 0. The molecule has 5 heteroatoms. The van der Waals surface area contributed by atoms with Gasteiger partial charge in [0, 0.05) is 17.6 Å². The van der Waals surface area contributed by atoms with E-state index in [1.54, 1.807) is 0 Å². The highest BCUT2D eigenvalue weighted by molar-refractivity contribution is 9.10. The zero-order valence-electron chi connectivity index (χ0n) is 10.0. The van der Waals surface area contributed by atoms with Gasteiger partial charge in [-0.1, -0.05) is 15.9 Å². The Labute approximate surface area is 109 Å². The molecule has 4 nitrogen and oxygen atoms in total. The highest BCUT2D eigenvalue weighted by Crippen LogP contribution is 2.21. The minimum atomic E-state index is -0.0280. The van der Waals surface area contributed by atoms with Crippen LogP contribution >= 0.6 is 15.9 Å². The lowest BCUT2D eigenvalue weighted by Crippen LogP contribution is -2.19. The number of aliphatic hydroxyl groups is 1. The molecule has 1 aromatic heterocycles. The predicted molar refractivity (Wildman–Crippen MR) is 71.9 cm³/mol. The van der Waals surface area contributed by atoms with Crippen molar-refractivity contribution in [1.82, 2.24) is 14.5 Å². The molecule has 0 radical (unpaired) electrons. The summed E-state index contributed by atoms with van der Waals surface area (Å²) in [5.74, 6) is 0.722. The third-order valence-electron chi connectivity index (χ3n) is 2.70. The number of imidazole rings is 1. The van der Waals surface area contributed by atoms with Crippen LogP contribution in [0.4, 0.5) is 0 Å². The Morgan fingerprint density at radius 2 is 2.18 bits per heavy atom. The first-order chi connectivity index (χ1) is 8.11. The molecule has 0 amide bonds. The number of hydrogen-bond acceptors (Lipinski definition) is 3. The van der Waals surface area contributed by atoms with Crippen molar-refractivity contribution >= 4 is 27.0 Å². The van der Waals surface area contributed by atoms with Gasteiger partial charge in [-0.25, -0.2) is 4.98 Å². The number of rotatable bonds is 4. The molecule has 0 saturated heterocycles. The minimum absolute atomic E-state index is 0.0280. The van der Waals surface area contributed by atoms with Gasteiger partial charge in [-0.15, -0.1) is 0 Å². The van der Waals surface area contributed by atoms with Crippen molar-refractivity contribution in [3.05, 3.63) is 28.5 Å². The molecule has 1 N–H and O–H groups in total. The van der Waals surface area contributed by atoms with E-state index in [0.29, 0.717) is 0 Å². The van der Waals surface area contributed by atoms with Crippen LogP contribution in [0, 0.1) is 0 Å². The number of halogens is 1. The second kappa shape index (κ2) is 5.16. The third-order valence-corrected chi connectivity index (χ3v) is 3.19. The average molecular weight is 298 g/mol. The van der Waals surface area contributed by atoms with E-state index >= 15 is 0 Å². The van der Waals surface area contributed by atoms with Gasteiger partial charge >= 0.3 is 0 Å². The average Bonchev–Trinajstić information content (AvgIpc) is 2.63. The van der Waals surface area contributed by atoms with Crippen LogP contribution in [0.5, 0.6) is 0 Å². The summed E-state index contributed by atoms with van der Waals surface area (Å²) in [4.78, 5) is 6.55. The van der Waals surface area contributed by atoms with Crippen LogP contribution in [-0.2, 0) is 13.2 Å². The fourth-order valence-electron chi connectivity index (χ4n) is 1.82. The quantitative estimate of drug-likeness (QED) is 0.936. The number of aromatic nitrogens is 2. The minimum Gasteiger partial charge on any atom is -0.388 e. The maximum atomic E-state index is 9.35. The van der Waals surface area contributed by atoms with Gasteiger partial charge in [0.15, 0.2) is 0 Å². The van der Waals surface area contributed by atoms with E-state index < -0.39 is 0 Å². The fraction of sp³-hybridized carbons (Fsp3) is 0.417. The summed E-state index contributed by atoms with van der Waals surface area (Å²) in [6.45, 7) is 1.73. The number of nitrogens with zero attached hydrogens (tertiary/aromatic N) is 3. The highest BCUT2D eigenvalue weighted by Gasteiger charge is 2.10. The molecule has 2 rings (SSSR count). The molecular formula is C12H16BrN3O. The molecule has 92 valence electrons. The standard InChI is InChI=1S/C12H16BrN3O/c1-15(2)5-6-16-11-4-3-9(13)7-10(11)14-12(16)8-17/h3-4,7,17H,5-6,8H2,1-2H3. The monoisotopic (exact) mass is 297 g/mol. The number of hydrogen-bond donors (Lipinski definition) is 1. The molecule has 0 spiro atoms. The lowest BCUT2D eigenvalue weighted by molar-refractivity contribution is 0.263. The van der Waals surface area contributed by atoms with E-state index in [1.165, 1.54) is 0 Å². The second-order valence-electron chi connectivity index (χ2n) is 4.27. The number of fused-ring (bicyclic) bond motifs is 1. The first-order valence-electron chi connectivity index (χ1n) is 5.52. The topological polar surface area (TPSA) is 41.3 Å². The molecule has 0 aliphatic heterocycles. The van der Waals surface area contributed by atoms with E-state index in [0.717, 1.165) is 34.4 Å². The molecule has 1 aromatic carbocycles. The molecule has 0 saturated carbocycles. The predicted octanol–water partition coefficient (Wildman–Crippen LogP) is 1.85. The first kappa shape index (κ1) is 12.5. The van der Waals surface area contributed by atoms with Crippen molar-refractivity contribution in [1.29, 1.82) is 0 Å². The molecule has 0 unspecified atom stereocenters. The van der Waals surface area contributed by atoms with Crippen LogP contribution in [0.25, 0.3) is 11.0 Å². The Hall–Kier alpha value is -0.910. The summed E-state index contributed by atoms with van der Waals surface area (Å²) in [5.41, 5.74) is 1.99. The maximum absolute atomic E-state index is 9.35. The SMILES string of the molecule is CN(C)CCn1c(CO)nc2cc(Br)ccc21. The Kier molecular flexibility index (Phi) is 3.81. The van der Waals surface area contributed by atoms with Crippen LogP contribution in [0.1, 0.15) is 5.82 Å². The zero-order chi connectivity index (χ0) is 12.4. The summed E-state index contributed by atoms with van der Waals surface area (Å²) in [6, 6.07) is 6.00. The van der Waals surface area contributed by atoms with Gasteiger partial charge in [-0.3, -0.25) is 0 Å². The first-order valence-corrected chi connectivity index (χ1v) is 6.31. The van der Waals surface area contributed by atoms with Gasteiger partial charge in [-0.2, -0.15) is 0 Å². The van der Waals surface area contributed by atoms with Gasteiger partial charge in [0.1, 0.15) is 12.4 Å². The molecule has 0 atom stereocenters. The van der Waals surface area contributed by atoms with Crippen molar-refractivity contribution in [2.45, 2.75) is 13.2 Å². The molecule has 0 aliphatic carbocycles. The number of benzene rings is 1. The molecule has 0 fully saturated rings. The van der Waals surface area contributed by atoms with E-state index in [-0.39, 0.29) is 6.61 Å². The van der Waals surface area contributed by atoms with E-state index in [4.69, 9.17) is 0 Å². The fourth-order valence-corrected chi connectivity index (χ4v) is 2.17. The zero-order valence-corrected chi connectivity index (χ0v) is 11.6. The van der Waals surface area contributed by atoms with Crippen molar-refractivity contribution in [3.8, 4) is 0 Å². The van der Waals surface area contributed by atoms with E-state index in [1.807, 2.05) is 32.3 Å². The lowest BCUT2D eigenvalue weighted by Gasteiger charge is -2.12. The van der Waals surface area contributed by atoms with Crippen LogP contribution in [0.3, 0.4) is 0 Å². The molecule has 17 heavy (non-hydrogen) atoms. The van der Waals surface area contributed by atoms with Crippen molar-refractivity contribution in [3.63, 3.8) is 0 Å². The van der Waals surface area contributed by atoms with Gasteiger partial charge in [0.05, 0.1) is 11.0 Å². The smallest absolute Gasteiger partial charge is 0.135 e. The summed E-state index contributed by atoms with van der Waals surface area (Å²) in [5, 5.41) is 9.35. The van der Waals surface area contributed by atoms with Gasteiger partial charge in [0.2, 0.25) is 0 Å².